The van der Waals surface area contributed by atoms with Crippen molar-refractivity contribution >= 4 is 13.1 Å². The van der Waals surface area contributed by atoms with Gasteiger partial charge in [-0.1, -0.05) is 43.2 Å². The lowest BCUT2D eigenvalue weighted by Gasteiger charge is -2.27. The molecule has 6 nitrogen and oxygen atoms in total. The molecule has 0 aromatic heterocycles. The Labute approximate surface area is 131 Å². The van der Waals surface area contributed by atoms with Crippen molar-refractivity contribution in [3.05, 3.63) is 35.9 Å². The number of benzene rings is 1. The molecule has 6 N–H and O–H groups in total. The number of nitrogens with two attached hydrogens (primary N) is 1. The number of nitrogens with one attached hydrogen (secondary N) is 1. The second-order valence-electron chi connectivity index (χ2n) is 5.70. The minimum atomic E-state index is -1.36. The summed E-state index contributed by atoms with van der Waals surface area (Å²) in [5.74, 6) is -1.05. The van der Waals surface area contributed by atoms with E-state index < -0.39 is 18.6 Å². The molecule has 0 saturated carbocycles. The normalized spacial score (nSPS) is 15.1. The third kappa shape index (κ3) is 6.15. The van der Waals surface area contributed by atoms with Crippen molar-refractivity contribution in [1.82, 2.24) is 5.32 Å². The minimum absolute atomic E-state index is 0.00254. The fourth-order valence-corrected chi connectivity index (χ4v) is 2.23. The summed E-state index contributed by atoms with van der Waals surface area (Å²) < 4.78 is 0. The third-order valence-corrected chi connectivity index (χ3v) is 3.78. The number of carboxylic acid groups (broad SMARTS) is 1. The van der Waals surface area contributed by atoms with E-state index in [4.69, 9.17) is 15.8 Å². The summed E-state index contributed by atoms with van der Waals surface area (Å²) in [7, 11) is -1.35. The van der Waals surface area contributed by atoms with E-state index in [1.165, 1.54) is 0 Å². The van der Waals surface area contributed by atoms with Gasteiger partial charge in [0, 0.05) is 12.6 Å². The molecule has 0 spiro atoms. The lowest BCUT2D eigenvalue weighted by Crippen LogP contribution is -2.55. The Morgan fingerprint density at radius 1 is 1.32 bits per heavy atom. The van der Waals surface area contributed by atoms with Crippen molar-refractivity contribution < 1.29 is 19.9 Å². The Morgan fingerprint density at radius 2 is 1.95 bits per heavy atom. The van der Waals surface area contributed by atoms with Gasteiger partial charge in [0.1, 0.15) is 5.54 Å². The van der Waals surface area contributed by atoms with E-state index in [-0.39, 0.29) is 25.3 Å². The number of aliphatic carboxylic acids is 1. The summed E-state index contributed by atoms with van der Waals surface area (Å²) in [5.41, 5.74) is 5.71. The molecule has 0 amide bonds. The van der Waals surface area contributed by atoms with Gasteiger partial charge in [-0.2, -0.15) is 0 Å². The summed E-state index contributed by atoms with van der Waals surface area (Å²) in [5, 5.41) is 30.1. The minimum Gasteiger partial charge on any atom is -0.480 e. The van der Waals surface area contributed by atoms with Crippen LogP contribution < -0.4 is 11.1 Å². The number of rotatable bonds is 10. The fourth-order valence-electron chi connectivity index (χ4n) is 2.23. The summed E-state index contributed by atoms with van der Waals surface area (Å²) in [6.45, 7) is 2.11. The van der Waals surface area contributed by atoms with E-state index in [1.54, 1.807) is 0 Å². The zero-order chi connectivity index (χ0) is 16.6. The average Bonchev–Trinajstić information content (AvgIpc) is 2.49. The van der Waals surface area contributed by atoms with Crippen LogP contribution in [0.3, 0.4) is 0 Å². The van der Waals surface area contributed by atoms with Gasteiger partial charge in [0.05, 0.1) is 0 Å². The van der Waals surface area contributed by atoms with Gasteiger partial charge in [0.25, 0.3) is 0 Å². The lowest BCUT2D eigenvalue weighted by molar-refractivity contribution is -0.143. The fraction of sp³-hybridized carbons (Fsp3) is 0.533. The number of hydrogen-bond donors (Lipinski definition) is 5. The first-order valence-corrected chi connectivity index (χ1v) is 7.52. The SMILES string of the molecule is C[C@@H](NCC(N)(CCCCB(O)O)C(=O)O)c1ccccc1. The molecule has 0 aliphatic heterocycles. The second-order valence-corrected chi connectivity index (χ2v) is 5.70. The van der Waals surface area contributed by atoms with Crippen LogP contribution in [0.1, 0.15) is 37.8 Å². The monoisotopic (exact) mass is 308 g/mol. The zero-order valence-corrected chi connectivity index (χ0v) is 12.9. The lowest BCUT2D eigenvalue weighted by atomic mass is 9.82. The largest absolute Gasteiger partial charge is 0.480 e. The molecular formula is C15H25BN2O4. The molecule has 2 atom stereocenters. The van der Waals surface area contributed by atoms with Gasteiger partial charge in [-0.15, -0.1) is 0 Å². The average molecular weight is 308 g/mol. The summed E-state index contributed by atoms with van der Waals surface area (Å²) in [4.78, 5) is 11.4. The van der Waals surface area contributed by atoms with Gasteiger partial charge in [0.15, 0.2) is 0 Å². The van der Waals surface area contributed by atoms with Crippen LogP contribution in [-0.2, 0) is 4.79 Å². The van der Waals surface area contributed by atoms with Gasteiger partial charge in [-0.05, 0) is 25.2 Å². The Kier molecular flexibility index (Phi) is 7.54. The molecule has 1 rings (SSSR count). The number of carboxylic acids is 1. The molecule has 0 aliphatic rings. The Hall–Kier alpha value is -1.41. The van der Waals surface area contributed by atoms with Gasteiger partial charge in [-0.3, -0.25) is 4.79 Å². The van der Waals surface area contributed by atoms with Crippen LogP contribution in [-0.4, -0.2) is 40.3 Å². The Balaban J connectivity index is 2.50. The highest BCUT2D eigenvalue weighted by Crippen LogP contribution is 2.16. The first-order chi connectivity index (χ1) is 10.3. The number of unbranched alkanes of at least 4 members (excludes halogenated alkanes) is 1. The van der Waals surface area contributed by atoms with Crippen molar-refractivity contribution in [3.8, 4) is 0 Å². The van der Waals surface area contributed by atoms with Crippen molar-refractivity contribution in [2.24, 2.45) is 5.73 Å². The molecule has 1 aromatic rings. The van der Waals surface area contributed by atoms with Crippen LogP contribution in [0.15, 0.2) is 30.3 Å². The molecule has 0 heterocycles. The first kappa shape index (κ1) is 18.6. The highest BCUT2D eigenvalue weighted by molar-refractivity contribution is 6.40. The van der Waals surface area contributed by atoms with Crippen LogP contribution in [0.4, 0.5) is 0 Å². The highest BCUT2D eigenvalue weighted by Gasteiger charge is 2.33. The summed E-state index contributed by atoms with van der Waals surface area (Å²) in [6, 6.07) is 9.73. The van der Waals surface area contributed by atoms with Crippen LogP contribution >= 0.6 is 0 Å². The van der Waals surface area contributed by atoms with Gasteiger partial charge in [-0.25, -0.2) is 0 Å². The molecule has 1 aromatic carbocycles. The Bertz CT molecular complexity index is 458. The molecule has 0 saturated heterocycles. The highest BCUT2D eigenvalue weighted by atomic mass is 16.4. The van der Waals surface area contributed by atoms with E-state index in [9.17, 15) is 9.90 Å². The van der Waals surface area contributed by atoms with Crippen LogP contribution in [0.5, 0.6) is 0 Å². The Morgan fingerprint density at radius 3 is 2.50 bits per heavy atom. The topological polar surface area (TPSA) is 116 Å². The van der Waals surface area contributed by atoms with E-state index in [2.05, 4.69) is 5.32 Å². The van der Waals surface area contributed by atoms with Gasteiger partial charge < -0.3 is 26.2 Å². The van der Waals surface area contributed by atoms with Crippen molar-refractivity contribution in [2.45, 2.75) is 44.1 Å². The molecular weight excluding hydrogens is 283 g/mol. The quantitative estimate of drug-likeness (QED) is 0.322. The first-order valence-electron chi connectivity index (χ1n) is 7.52. The van der Waals surface area contributed by atoms with E-state index in [0.717, 1.165) is 5.56 Å². The summed E-state index contributed by atoms with van der Waals surface area (Å²) in [6.07, 6.45) is 1.56. The number of hydrogen-bond acceptors (Lipinski definition) is 5. The zero-order valence-electron chi connectivity index (χ0n) is 12.9. The molecule has 1 unspecified atom stereocenters. The van der Waals surface area contributed by atoms with Gasteiger partial charge in [0.2, 0.25) is 0 Å². The molecule has 0 aliphatic carbocycles. The van der Waals surface area contributed by atoms with Crippen molar-refractivity contribution in [2.75, 3.05) is 6.54 Å². The molecule has 122 valence electrons. The molecule has 22 heavy (non-hydrogen) atoms. The maximum absolute atomic E-state index is 11.4. The summed E-state index contributed by atoms with van der Waals surface area (Å²) >= 11 is 0. The van der Waals surface area contributed by atoms with Gasteiger partial charge >= 0.3 is 13.1 Å². The van der Waals surface area contributed by atoms with E-state index in [1.807, 2.05) is 37.3 Å². The van der Waals surface area contributed by atoms with Crippen LogP contribution in [0.2, 0.25) is 6.32 Å². The predicted molar refractivity (Wildman–Crippen MR) is 86.3 cm³/mol. The molecule has 0 fully saturated rings. The molecule has 0 bridgehead atoms. The maximum atomic E-state index is 11.4. The third-order valence-electron chi connectivity index (χ3n) is 3.78. The van der Waals surface area contributed by atoms with Crippen LogP contribution in [0.25, 0.3) is 0 Å². The molecule has 0 radical (unpaired) electrons. The smallest absolute Gasteiger partial charge is 0.451 e. The number of carbonyl (C=O) groups is 1. The van der Waals surface area contributed by atoms with Crippen molar-refractivity contribution in [1.29, 1.82) is 0 Å². The van der Waals surface area contributed by atoms with E-state index in [0.29, 0.717) is 12.8 Å². The predicted octanol–water partition coefficient (Wildman–Crippen LogP) is 0.762. The maximum Gasteiger partial charge on any atom is 0.451 e. The molecule has 7 heteroatoms. The van der Waals surface area contributed by atoms with Crippen molar-refractivity contribution in [3.63, 3.8) is 0 Å². The second kappa shape index (κ2) is 8.90. The van der Waals surface area contributed by atoms with E-state index >= 15 is 0 Å². The standard InChI is InChI=1S/C15H25BN2O4/c1-12(13-7-3-2-4-8-13)18-11-15(17,14(19)20)9-5-6-10-16(21)22/h2-4,7-8,12,18,21-22H,5-6,9-11,17H2,1H3,(H,19,20)/t12-,15?/m1/s1. The van der Waals surface area contributed by atoms with Crippen LogP contribution in [0, 0.1) is 0 Å².